The van der Waals surface area contributed by atoms with E-state index in [9.17, 15) is 19.2 Å². The lowest BCUT2D eigenvalue weighted by Gasteiger charge is -2.18. The third kappa shape index (κ3) is 4.38. The van der Waals surface area contributed by atoms with Gasteiger partial charge in [0.15, 0.2) is 13.2 Å². The van der Waals surface area contributed by atoms with Crippen molar-refractivity contribution in [3.05, 3.63) is 39.8 Å². The van der Waals surface area contributed by atoms with Gasteiger partial charge in [0.05, 0.1) is 23.4 Å². The standard InChI is InChI=1S/C21H20N2O7S/c1-2-28-21(27)18-12-4-3-5-15(12)31-19(18)23-17(25)10-30-20(26)11-6-7-13-14(8-11)29-9-16(24)22-13/h6-8H,2-5,9-10H2,1H3,(H,22,24)(H,23,25). The minimum Gasteiger partial charge on any atom is -0.482 e. The number of benzene rings is 1. The van der Waals surface area contributed by atoms with E-state index < -0.39 is 24.5 Å². The number of carbonyl (C=O) groups excluding carboxylic acids is 4. The lowest BCUT2D eigenvalue weighted by Crippen LogP contribution is -2.25. The highest BCUT2D eigenvalue weighted by atomic mass is 32.1. The summed E-state index contributed by atoms with van der Waals surface area (Å²) in [6, 6.07) is 4.44. The Morgan fingerprint density at radius 2 is 2.03 bits per heavy atom. The molecule has 2 aliphatic rings. The smallest absolute Gasteiger partial charge is 0.341 e. The third-order valence-electron chi connectivity index (χ3n) is 4.84. The molecular formula is C21H20N2O7S. The van der Waals surface area contributed by atoms with Crippen LogP contribution < -0.4 is 15.4 Å². The molecule has 2 amide bonds. The Morgan fingerprint density at radius 1 is 1.19 bits per heavy atom. The van der Waals surface area contributed by atoms with E-state index in [0.717, 1.165) is 29.7 Å². The van der Waals surface area contributed by atoms with Gasteiger partial charge in [0, 0.05) is 4.88 Å². The Kier molecular flexibility index (Phi) is 5.90. The number of hydrogen-bond donors (Lipinski definition) is 2. The van der Waals surface area contributed by atoms with E-state index in [1.54, 1.807) is 6.92 Å². The number of hydrogen-bond acceptors (Lipinski definition) is 8. The molecule has 0 saturated carbocycles. The molecule has 1 aliphatic carbocycles. The minimum atomic E-state index is -0.710. The number of amides is 2. The van der Waals surface area contributed by atoms with Gasteiger partial charge in [-0.05, 0) is 49.9 Å². The summed E-state index contributed by atoms with van der Waals surface area (Å²) in [6.45, 7) is 1.31. The predicted molar refractivity (Wildman–Crippen MR) is 112 cm³/mol. The van der Waals surface area contributed by atoms with Gasteiger partial charge < -0.3 is 24.8 Å². The second kappa shape index (κ2) is 8.76. The fourth-order valence-electron chi connectivity index (χ4n) is 3.49. The Labute approximate surface area is 181 Å². The highest BCUT2D eigenvalue weighted by Gasteiger charge is 2.28. The number of carbonyl (C=O) groups is 4. The summed E-state index contributed by atoms with van der Waals surface area (Å²) in [7, 11) is 0. The quantitative estimate of drug-likeness (QED) is 0.657. The molecular weight excluding hydrogens is 424 g/mol. The van der Waals surface area contributed by atoms with Gasteiger partial charge in [-0.1, -0.05) is 0 Å². The summed E-state index contributed by atoms with van der Waals surface area (Å²) >= 11 is 1.35. The van der Waals surface area contributed by atoms with E-state index in [1.165, 1.54) is 29.5 Å². The second-order valence-electron chi connectivity index (χ2n) is 6.95. The van der Waals surface area contributed by atoms with E-state index in [-0.39, 0.29) is 24.7 Å². The highest BCUT2D eigenvalue weighted by Crippen LogP contribution is 2.39. The van der Waals surface area contributed by atoms with Crippen LogP contribution in [-0.4, -0.2) is 43.6 Å². The molecule has 1 aromatic heterocycles. The summed E-state index contributed by atoms with van der Waals surface area (Å²) in [5.41, 5.74) is 1.97. The molecule has 4 rings (SSSR count). The predicted octanol–water partition coefficient (Wildman–Crippen LogP) is 2.54. The summed E-state index contributed by atoms with van der Waals surface area (Å²) in [5.74, 6) is -1.65. The third-order valence-corrected chi connectivity index (χ3v) is 6.05. The molecule has 2 heterocycles. The molecule has 9 nitrogen and oxygen atoms in total. The zero-order valence-corrected chi connectivity index (χ0v) is 17.6. The van der Waals surface area contributed by atoms with Gasteiger partial charge in [0.1, 0.15) is 10.8 Å². The van der Waals surface area contributed by atoms with Gasteiger partial charge in [-0.2, -0.15) is 0 Å². The maximum Gasteiger partial charge on any atom is 0.341 e. The van der Waals surface area contributed by atoms with Crippen LogP contribution in [0, 0.1) is 0 Å². The van der Waals surface area contributed by atoms with E-state index >= 15 is 0 Å². The molecule has 0 spiro atoms. The maximum absolute atomic E-state index is 12.4. The van der Waals surface area contributed by atoms with Crippen molar-refractivity contribution in [1.29, 1.82) is 0 Å². The summed E-state index contributed by atoms with van der Waals surface area (Å²) in [4.78, 5) is 49.4. The van der Waals surface area contributed by atoms with Gasteiger partial charge in [0.25, 0.3) is 11.8 Å². The van der Waals surface area contributed by atoms with Gasteiger partial charge in [0.2, 0.25) is 0 Å². The van der Waals surface area contributed by atoms with Crippen molar-refractivity contribution in [2.24, 2.45) is 0 Å². The largest absolute Gasteiger partial charge is 0.482 e. The molecule has 10 heteroatoms. The van der Waals surface area contributed by atoms with E-state index in [0.29, 0.717) is 22.0 Å². The Bertz CT molecular complexity index is 1080. The first kappa shape index (κ1) is 20.9. The number of thiophene rings is 1. The molecule has 1 aliphatic heterocycles. The molecule has 0 fully saturated rings. The van der Waals surface area contributed by atoms with Gasteiger partial charge in [-0.3, -0.25) is 9.59 Å². The zero-order chi connectivity index (χ0) is 22.0. The Balaban J connectivity index is 1.39. The van der Waals surface area contributed by atoms with Crippen molar-refractivity contribution in [2.45, 2.75) is 26.2 Å². The van der Waals surface area contributed by atoms with Crippen LogP contribution in [0.25, 0.3) is 0 Å². The van der Waals surface area contributed by atoms with Crippen molar-refractivity contribution in [1.82, 2.24) is 0 Å². The first-order valence-electron chi connectivity index (χ1n) is 9.81. The molecule has 2 N–H and O–H groups in total. The van der Waals surface area contributed by atoms with Crippen LogP contribution in [0.5, 0.6) is 5.75 Å². The number of fused-ring (bicyclic) bond motifs is 2. The molecule has 31 heavy (non-hydrogen) atoms. The van der Waals surface area contributed by atoms with Gasteiger partial charge >= 0.3 is 11.9 Å². The van der Waals surface area contributed by atoms with Gasteiger partial charge in [-0.15, -0.1) is 11.3 Å². The van der Waals surface area contributed by atoms with Crippen LogP contribution in [0.2, 0.25) is 0 Å². The van der Waals surface area contributed by atoms with Crippen LogP contribution in [0.1, 0.15) is 44.5 Å². The molecule has 0 unspecified atom stereocenters. The average molecular weight is 444 g/mol. The first-order valence-corrected chi connectivity index (χ1v) is 10.6. The second-order valence-corrected chi connectivity index (χ2v) is 8.06. The molecule has 0 radical (unpaired) electrons. The van der Waals surface area contributed by atoms with Crippen LogP contribution in [0.3, 0.4) is 0 Å². The topological polar surface area (TPSA) is 120 Å². The summed E-state index contributed by atoms with van der Waals surface area (Å²) in [5, 5.41) is 5.72. The molecule has 0 saturated heterocycles. The van der Waals surface area contributed by atoms with Crippen LogP contribution in [0.15, 0.2) is 18.2 Å². The van der Waals surface area contributed by atoms with Crippen LogP contribution >= 0.6 is 11.3 Å². The number of rotatable bonds is 6. The molecule has 2 aromatic rings. The Hall–Kier alpha value is -3.40. The average Bonchev–Trinajstić information content (AvgIpc) is 3.32. The number of ether oxygens (including phenoxy) is 3. The number of nitrogens with one attached hydrogen (secondary N) is 2. The molecule has 162 valence electrons. The van der Waals surface area contributed by atoms with Crippen molar-refractivity contribution in [2.75, 3.05) is 30.5 Å². The normalized spacial score (nSPS) is 14.0. The first-order chi connectivity index (χ1) is 15.0. The monoisotopic (exact) mass is 444 g/mol. The van der Waals surface area contributed by atoms with E-state index in [1.807, 2.05) is 0 Å². The van der Waals surface area contributed by atoms with Gasteiger partial charge in [-0.25, -0.2) is 9.59 Å². The number of esters is 2. The van der Waals surface area contributed by atoms with Crippen molar-refractivity contribution in [3.63, 3.8) is 0 Å². The minimum absolute atomic E-state index is 0.137. The van der Waals surface area contributed by atoms with Crippen LogP contribution in [0.4, 0.5) is 10.7 Å². The highest BCUT2D eigenvalue weighted by molar-refractivity contribution is 7.17. The number of aryl methyl sites for hydroxylation is 1. The molecule has 0 atom stereocenters. The lowest BCUT2D eigenvalue weighted by atomic mass is 10.1. The summed E-state index contributed by atoms with van der Waals surface area (Å²) < 4.78 is 15.5. The Morgan fingerprint density at radius 3 is 2.84 bits per heavy atom. The van der Waals surface area contributed by atoms with E-state index in [4.69, 9.17) is 14.2 Å². The van der Waals surface area contributed by atoms with Crippen molar-refractivity contribution >= 4 is 45.8 Å². The fourth-order valence-corrected chi connectivity index (χ4v) is 4.78. The van der Waals surface area contributed by atoms with E-state index in [2.05, 4.69) is 10.6 Å². The molecule has 0 bridgehead atoms. The lowest BCUT2D eigenvalue weighted by molar-refractivity contribution is -0.119. The van der Waals surface area contributed by atoms with Crippen molar-refractivity contribution in [3.8, 4) is 5.75 Å². The van der Waals surface area contributed by atoms with Crippen LogP contribution in [-0.2, 0) is 31.9 Å². The SMILES string of the molecule is CCOC(=O)c1c(NC(=O)COC(=O)c2ccc3c(c2)OCC(=O)N3)sc2c1CCC2. The maximum atomic E-state index is 12.4. The number of anilines is 2. The molecule has 1 aromatic carbocycles. The summed E-state index contributed by atoms with van der Waals surface area (Å²) in [6.07, 6.45) is 2.59. The van der Waals surface area contributed by atoms with Crippen molar-refractivity contribution < 1.29 is 33.4 Å². The fraction of sp³-hybridized carbons (Fsp3) is 0.333. The zero-order valence-electron chi connectivity index (χ0n) is 16.7.